The predicted octanol–water partition coefficient (Wildman–Crippen LogP) is -1.40. The van der Waals surface area contributed by atoms with Crippen LogP contribution in [0, 0.1) is 0 Å². The van der Waals surface area contributed by atoms with Crippen LogP contribution in [-0.2, 0) is 14.3 Å². The summed E-state index contributed by atoms with van der Waals surface area (Å²) in [6.07, 6.45) is -0.439. The molecule has 0 aromatic rings. The van der Waals surface area contributed by atoms with Crippen LogP contribution < -0.4 is 5.73 Å². The van der Waals surface area contributed by atoms with Crippen LogP contribution in [0.2, 0.25) is 0 Å². The van der Waals surface area contributed by atoms with Gasteiger partial charge in [-0.15, -0.1) is 0 Å². The largest absolute Gasteiger partial charge is 0.391 e. The molecule has 0 saturated heterocycles. The van der Waals surface area contributed by atoms with Crippen LogP contribution in [0.3, 0.4) is 0 Å². The van der Waals surface area contributed by atoms with Crippen molar-refractivity contribution in [3.63, 3.8) is 0 Å². The van der Waals surface area contributed by atoms with Crippen LogP contribution in [0.15, 0.2) is 0 Å². The summed E-state index contributed by atoms with van der Waals surface area (Å²) < 4.78 is 27.1. The van der Waals surface area contributed by atoms with Crippen molar-refractivity contribution in [3.05, 3.63) is 0 Å². The Bertz CT molecular complexity index is 253. The van der Waals surface area contributed by atoms with Crippen LogP contribution >= 0.6 is 0 Å². The van der Waals surface area contributed by atoms with Crippen LogP contribution in [0.4, 0.5) is 0 Å². The third-order valence-electron chi connectivity index (χ3n) is 1.58. The van der Waals surface area contributed by atoms with Gasteiger partial charge in [0.15, 0.2) is 0 Å². The van der Waals surface area contributed by atoms with Gasteiger partial charge >= 0.3 is 0 Å². The molecular weight excluding hydrogens is 220 g/mol. The van der Waals surface area contributed by atoms with E-state index < -0.39 is 16.2 Å². The predicted molar refractivity (Wildman–Crippen MR) is 58.0 cm³/mol. The molecule has 0 spiro atoms. The number of aliphatic hydroxyl groups excluding tert-OH is 1. The Hall–Kier alpha value is -0.210. The zero-order chi connectivity index (χ0) is 11.9. The summed E-state index contributed by atoms with van der Waals surface area (Å²) in [6, 6.07) is 0. The van der Waals surface area contributed by atoms with Gasteiger partial charge in [-0.05, 0) is 27.1 Å². The van der Waals surface area contributed by atoms with E-state index in [-0.39, 0.29) is 12.4 Å². The second kappa shape index (κ2) is 7.13. The first-order chi connectivity index (χ1) is 6.87. The number of likely N-dealkylation sites (N-methyl/N-ethyl adjacent to an activating group) is 1. The van der Waals surface area contributed by atoms with Crippen molar-refractivity contribution in [3.8, 4) is 0 Å². The molecule has 3 N–H and O–H groups in total. The highest BCUT2D eigenvalue weighted by Gasteiger charge is 2.18. The van der Waals surface area contributed by atoms with Gasteiger partial charge in [0.1, 0.15) is 5.75 Å². The average Bonchev–Trinajstić information content (AvgIpc) is 2.00. The topological polar surface area (TPSA) is 92.9 Å². The molecule has 0 radical (unpaired) electrons. The summed E-state index contributed by atoms with van der Waals surface area (Å²) >= 11 is 0. The van der Waals surface area contributed by atoms with Gasteiger partial charge in [-0.1, -0.05) is 0 Å². The molecule has 15 heavy (non-hydrogen) atoms. The monoisotopic (exact) mass is 240 g/mol. The quantitative estimate of drug-likeness (QED) is 0.400. The van der Waals surface area contributed by atoms with Crippen molar-refractivity contribution in [2.45, 2.75) is 12.5 Å². The van der Waals surface area contributed by atoms with Crippen LogP contribution in [0.1, 0.15) is 6.42 Å². The van der Waals surface area contributed by atoms with Crippen molar-refractivity contribution < 1.29 is 17.7 Å². The first-order valence-electron chi connectivity index (χ1n) is 4.77. The van der Waals surface area contributed by atoms with Crippen molar-refractivity contribution in [1.82, 2.24) is 4.90 Å². The fraction of sp³-hybridized carbons (Fsp3) is 1.00. The van der Waals surface area contributed by atoms with Crippen molar-refractivity contribution in [1.29, 1.82) is 0 Å². The third-order valence-corrected chi connectivity index (χ3v) is 2.90. The lowest BCUT2D eigenvalue weighted by Crippen LogP contribution is -2.32. The zero-order valence-electron chi connectivity index (χ0n) is 9.22. The number of hydrogen-bond donors (Lipinski definition) is 2. The molecule has 92 valence electrons. The molecule has 0 aliphatic rings. The molecule has 0 saturated carbocycles. The molecule has 1 atom stereocenters. The van der Waals surface area contributed by atoms with Gasteiger partial charge in [-0.2, -0.15) is 8.42 Å². The van der Waals surface area contributed by atoms with Crippen LogP contribution in [0.25, 0.3) is 0 Å². The summed E-state index contributed by atoms with van der Waals surface area (Å²) in [7, 11) is -0.121. The van der Waals surface area contributed by atoms with Gasteiger partial charge in [0, 0.05) is 6.54 Å². The van der Waals surface area contributed by atoms with Gasteiger partial charge in [-0.3, -0.25) is 4.18 Å². The fourth-order valence-electron chi connectivity index (χ4n) is 1.03. The normalized spacial score (nSPS) is 14.5. The Balaban J connectivity index is 3.91. The molecule has 0 aromatic heterocycles. The molecule has 0 aromatic carbocycles. The van der Waals surface area contributed by atoms with E-state index in [4.69, 9.17) is 5.73 Å². The highest BCUT2D eigenvalue weighted by Crippen LogP contribution is 1.99. The van der Waals surface area contributed by atoms with E-state index in [9.17, 15) is 13.5 Å². The second-order valence-electron chi connectivity index (χ2n) is 3.60. The summed E-state index contributed by atoms with van der Waals surface area (Å²) in [5.74, 6) is -0.379. The van der Waals surface area contributed by atoms with E-state index in [0.717, 1.165) is 0 Å². The molecule has 7 heteroatoms. The molecule has 0 fully saturated rings. The first kappa shape index (κ1) is 14.8. The Morgan fingerprint density at radius 2 is 2.07 bits per heavy atom. The van der Waals surface area contributed by atoms with Gasteiger partial charge in [-0.25, -0.2) is 0 Å². The van der Waals surface area contributed by atoms with E-state index >= 15 is 0 Å². The van der Waals surface area contributed by atoms with Gasteiger partial charge in [0.2, 0.25) is 0 Å². The SMILES string of the molecule is CN(C)CC(O)CS(=O)(=O)OCCCN. The minimum atomic E-state index is -3.63. The zero-order valence-corrected chi connectivity index (χ0v) is 10.0. The Morgan fingerprint density at radius 1 is 1.47 bits per heavy atom. The van der Waals surface area contributed by atoms with E-state index in [1.807, 2.05) is 0 Å². The number of hydrogen-bond acceptors (Lipinski definition) is 6. The molecule has 0 aliphatic carbocycles. The molecule has 0 amide bonds. The molecule has 0 aliphatic heterocycles. The lowest BCUT2D eigenvalue weighted by molar-refractivity contribution is 0.152. The van der Waals surface area contributed by atoms with Crippen molar-refractivity contribution in [2.24, 2.45) is 5.73 Å². The second-order valence-corrected chi connectivity index (χ2v) is 5.29. The maximum atomic E-state index is 11.3. The number of aliphatic hydroxyl groups is 1. The summed E-state index contributed by atoms with van der Waals surface area (Å²) in [5, 5.41) is 9.39. The van der Waals surface area contributed by atoms with Gasteiger partial charge < -0.3 is 15.7 Å². The number of nitrogens with zero attached hydrogens (tertiary/aromatic N) is 1. The van der Waals surface area contributed by atoms with Crippen molar-refractivity contribution >= 4 is 10.1 Å². The van der Waals surface area contributed by atoms with Crippen LogP contribution in [0.5, 0.6) is 0 Å². The molecule has 1 unspecified atom stereocenters. The smallest absolute Gasteiger partial charge is 0.269 e. The molecule has 0 rings (SSSR count). The first-order valence-corrected chi connectivity index (χ1v) is 6.35. The highest BCUT2D eigenvalue weighted by molar-refractivity contribution is 7.86. The molecular formula is C8H20N2O4S. The summed E-state index contributed by atoms with van der Waals surface area (Å²) in [4.78, 5) is 1.71. The number of nitrogens with two attached hydrogens (primary N) is 1. The van der Waals surface area contributed by atoms with Crippen LogP contribution in [-0.4, -0.2) is 64.1 Å². The molecule has 0 heterocycles. The van der Waals surface area contributed by atoms with E-state index in [1.54, 1.807) is 19.0 Å². The van der Waals surface area contributed by atoms with E-state index in [0.29, 0.717) is 19.5 Å². The average molecular weight is 240 g/mol. The lowest BCUT2D eigenvalue weighted by atomic mass is 10.4. The standard InChI is InChI=1S/C8H20N2O4S/c1-10(2)6-8(11)7-15(12,13)14-5-3-4-9/h8,11H,3-7,9H2,1-2H3. The van der Waals surface area contributed by atoms with Gasteiger partial charge in [0.05, 0.1) is 12.7 Å². The fourth-order valence-corrected chi connectivity index (χ4v) is 2.07. The minimum absolute atomic E-state index is 0.0769. The lowest BCUT2D eigenvalue weighted by Gasteiger charge is -2.15. The maximum absolute atomic E-state index is 11.3. The maximum Gasteiger partial charge on any atom is 0.269 e. The summed E-state index contributed by atoms with van der Waals surface area (Å²) in [5.41, 5.74) is 5.19. The Kier molecular flexibility index (Phi) is 7.03. The molecule has 0 bridgehead atoms. The molecule has 6 nitrogen and oxygen atoms in total. The Morgan fingerprint density at radius 3 is 2.53 bits per heavy atom. The Labute approximate surface area is 91.1 Å². The third kappa shape index (κ3) is 8.76. The minimum Gasteiger partial charge on any atom is -0.391 e. The number of rotatable bonds is 8. The summed E-state index contributed by atoms with van der Waals surface area (Å²) in [6.45, 7) is 0.753. The van der Waals surface area contributed by atoms with E-state index in [1.165, 1.54) is 0 Å². The van der Waals surface area contributed by atoms with Gasteiger partial charge in [0.25, 0.3) is 10.1 Å². The highest BCUT2D eigenvalue weighted by atomic mass is 32.2. The van der Waals surface area contributed by atoms with E-state index in [2.05, 4.69) is 4.18 Å². The van der Waals surface area contributed by atoms with Crippen molar-refractivity contribution in [2.75, 3.05) is 39.5 Å².